The number of hydrogen-bond donors (Lipinski definition) is 2. The molecule has 1 aliphatic heterocycles. The number of carboxylic acids is 1. The second-order valence-electron chi connectivity index (χ2n) is 3.90. The highest BCUT2D eigenvalue weighted by molar-refractivity contribution is 5.78. The highest BCUT2D eigenvalue weighted by atomic mass is 19.3. The van der Waals surface area contributed by atoms with Gasteiger partial charge >= 0.3 is 5.97 Å². The van der Waals surface area contributed by atoms with Crippen LogP contribution in [0.5, 0.6) is 0 Å². The molecule has 1 amide bonds. The predicted octanol–water partition coefficient (Wildman–Crippen LogP) is 0.0461. The second kappa shape index (κ2) is 4.73. The lowest BCUT2D eigenvalue weighted by Crippen LogP contribution is -2.35. The number of hydrogen-bond acceptors (Lipinski definition) is 3. The summed E-state index contributed by atoms with van der Waals surface area (Å²) in [5.74, 6) is -4.47. The molecule has 1 rings (SSSR count). The van der Waals surface area contributed by atoms with E-state index in [1.807, 2.05) is 0 Å². The van der Waals surface area contributed by atoms with Crippen molar-refractivity contribution in [3.63, 3.8) is 0 Å². The van der Waals surface area contributed by atoms with Crippen molar-refractivity contribution >= 4 is 11.9 Å². The summed E-state index contributed by atoms with van der Waals surface area (Å²) < 4.78 is 25.5. The smallest absolute Gasteiger partial charge is 0.320 e. The molecule has 1 saturated heterocycles. The molecule has 5 nitrogen and oxygen atoms in total. The molecule has 1 fully saturated rings. The summed E-state index contributed by atoms with van der Waals surface area (Å²) in [5.41, 5.74) is 5.20. The molecule has 0 unspecified atom stereocenters. The van der Waals surface area contributed by atoms with E-state index in [9.17, 15) is 18.4 Å². The van der Waals surface area contributed by atoms with Crippen LogP contribution in [-0.4, -0.2) is 46.9 Å². The summed E-state index contributed by atoms with van der Waals surface area (Å²) in [6.45, 7) is -0.553. The van der Waals surface area contributed by atoms with Gasteiger partial charge in [0.2, 0.25) is 5.91 Å². The van der Waals surface area contributed by atoms with Gasteiger partial charge in [0, 0.05) is 19.4 Å². The van der Waals surface area contributed by atoms with Crippen molar-refractivity contribution < 1.29 is 23.5 Å². The fraction of sp³-hybridized carbons (Fsp3) is 0.778. The van der Waals surface area contributed by atoms with Crippen LogP contribution >= 0.6 is 0 Å². The number of carbonyl (C=O) groups is 2. The third-order valence-corrected chi connectivity index (χ3v) is 2.51. The first-order chi connectivity index (χ1) is 7.32. The lowest BCUT2D eigenvalue weighted by atomic mass is 10.1. The van der Waals surface area contributed by atoms with Crippen molar-refractivity contribution in [2.75, 3.05) is 13.1 Å². The number of nitrogens with zero attached hydrogens (tertiary/aromatic N) is 1. The lowest BCUT2D eigenvalue weighted by molar-refractivity contribution is -0.139. The van der Waals surface area contributed by atoms with Crippen LogP contribution in [0.15, 0.2) is 0 Å². The molecule has 0 spiro atoms. The van der Waals surface area contributed by atoms with Crippen molar-refractivity contribution in [3.8, 4) is 0 Å². The van der Waals surface area contributed by atoms with Gasteiger partial charge in [-0.15, -0.1) is 0 Å². The molecule has 0 aromatic heterocycles. The molecule has 7 heteroatoms. The van der Waals surface area contributed by atoms with E-state index < -0.39 is 30.4 Å². The molecule has 0 aromatic rings. The largest absolute Gasteiger partial charge is 0.480 e. The van der Waals surface area contributed by atoms with Crippen LogP contribution in [0.4, 0.5) is 8.78 Å². The molecule has 0 bridgehead atoms. The number of carbonyl (C=O) groups excluding carboxylic acids is 1. The van der Waals surface area contributed by atoms with Crippen LogP contribution in [0, 0.1) is 0 Å². The zero-order chi connectivity index (χ0) is 12.3. The van der Waals surface area contributed by atoms with Crippen LogP contribution < -0.4 is 5.73 Å². The topological polar surface area (TPSA) is 83.6 Å². The average Bonchev–Trinajstić information content (AvgIpc) is 2.54. The zero-order valence-corrected chi connectivity index (χ0v) is 8.66. The quantitative estimate of drug-likeness (QED) is 0.722. The highest BCUT2D eigenvalue weighted by Crippen LogP contribution is 2.27. The van der Waals surface area contributed by atoms with E-state index in [2.05, 4.69) is 0 Å². The van der Waals surface area contributed by atoms with Crippen molar-refractivity contribution in [1.29, 1.82) is 0 Å². The molecule has 0 aliphatic carbocycles. The number of rotatable bonds is 4. The number of aliphatic carboxylic acids is 1. The van der Waals surface area contributed by atoms with Gasteiger partial charge in [-0.3, -0.25) is 9.59 Å². The Morgan fingerprint density at radius 1 is 1.50 bits per heavy atom. The van der Waals surface area contributed by atoms with Crippen molar-refractivity contribution in [3.05, 3.63) is 0 Å². The third-order valence-electron chi connectivity index (χ3n) is 2.51. The van der Waals surface area contributed by atoms with Crippen LogP contribution in [-0.2, 0) is 9.59 Å². The summed E-state index contributed by atoms with van der Waals surface area (Å²) >= 11 is 0. The van der Waals surface area contributed by atoms with Crippen molar-refractivity contribution in [1.82, 2.24) is 4.90 Å². The van der Waals surface area contributed by atoms with Crippen LogP contribution in [0.25, 0.3) is 0 Å². The number of nitrogens with two attached hydrogens (primary N) is 1. The van der Waals surface area contributed by atoms with Gasteiger partial charge in [0.05, 0.1) is 6.54 Å². The molecule has 16 heavy (non-hydrogen) atoms. The van der Waals surface area contributed by atoms with E-state index >= 15 is 0 Å². The summed E-state index contributed by atoms with van der Waals surface area (Å²) in [4.78, 5) is 22.8. The molecule has 3 N–H and O–H groups in total. The number of likely N-dealkylation sites (tertiary alicyclic amines) is 1. The first-order valence-corrected chi connectivity index (χ1v) is 4.96. The van der Waals surface area contributed by atoms with Crippen LogP contribution in [0.1, 0.15) is 19.3 Å². The van der Waals surface area contributed by atoms with Crippen molar-refractivity contribution in [2.45, 2.75) is 31.2 Å². The highest BCUT2D eigenvalue weighted by Gasteiger charge is 2.40. The van der Waals surface area contributed by atoms with Gasteiger partial charge < -0.3 is 15.7 Å². The molecule has 1 atom stereocenters. The maximum Gasteiger partial charge on any atom is 0.320 e. The minimum absolute atomic E-state index is 0.0220. The summed E-state index contributed by atoms with van der Waals surface area (Å²) in [6.07, 6.45) is -0.469. The maximum atomic E-state index is 12.8. The number of halogens is 2. The Balaban J connectivity index is 2.34. The second-order valence-corrected chi connectivity index (χ2v) is 3.90. The van der Waals surface area contributed by atoms with E-state index in [1.54, 1.807) is 0 Å². The summed E-state index contributed by atoms with van der Waals surface area (Å²) in [7, 11) is 0. The molecule has 0 radical (unpaired) electrons. The first-order valence-electron chi connectivity index (χ1n) is 4.96. The predicted molar refractivity (Wildman–Crippen MR) is 51.0 cm³/mol. The number of carboxylic acid groups (broad SMARTS) is 1. The maximum absolute atomic E-state index is 12.8. The zero-order valence-electron chi connectivity index (χ0n) is 8.66. The number of amides is 1. The van der Waals surface area contributed by atoms with E-state index in [-0.39, 0.29) is 25.8 Å². The molecule has 92 valence electrons. The van der Waals surface area contributed by atoms with E-state index in [1.165, 1.54) is 0 Å². The Morgan fingerprint density at radius 3 is 2.56 bits per heavy atom. The lowest BCUT2D eigenvalue weighted by Gasteiger charge is -2.16. The molecule has 0 saturated carbocycles. The van der Waals surface area contributed by atoms with Crippen molar-refractivity contribution in [2.24, 2.45) is 5.73 Å². The van der Waals surface area contributed by atoms with Gasteiger partial charge in [-0.25, -0.2) is 8.78 Å². The molecule has 0 aromatic carbocycles. The van der Waals surface area contributed by atoms with E-state index in [0.29, 0.717) is 0 Å². The first kappa shape index (κ1) is 12.8. The SMILES string of the molecule is N[C@@H](CCC(=O)N1CCC(F)(F)C1)C(=O)O. The molecule has 1 heterocycles. The van der Waals surface area contributed by atoms with Gasteiger partial charge in [-0.05, 0) is 6.42 Å². The van der Waals surface area contributed by atoms with E-state index in [4.69, 9.17) is 10.8 Å². The Kier molecular flexibility index (Phi) is 3.79. The Bertz CT molecular complexity index is 296. The summed E-state index contributed by atoms with van der Waals surface area (Å²) in [5, 5.41) is 8.47. The van der Waals surface area contributed by atoms with Gasteiger partial charge in [-0.1, -0.05) is 0 Å². The van der Waals surface area contributed by atoms with Gasteiger partial charge in [-0.2, -0.15) is 0 Å². The van der Waals surface area contributed by atoms with Crippen LogP contribution in [0.3, 0.4) is 0 Å². The standard InChI is InChI=1S/C9H14F2N2O3/c10-9(11)3-4-13(5-9)7(14)2-1-6(12)8(15)16/h6H,1-5,12H2,(H,15,16)/t6-/m0/s1. The average molecular weight is 236 g/mol. The molecule has 1 aliphatic rings. The Hall–Kier alpha value is -1.24. The Labute approximate surface area is 91.2 Å². The normalized spacial score (nSPS) is 20.8. The van der Waals surface area contributed by atoms with Gasteiger partial charge in [0.25, 0.3) is 5.92 Å². The van der Waals surface area contributed by atoms with Gasteiger partial charge in [0.15, 0.2) is 0 Å². The fourth-order valence-electron chi connectivity index (χ4n) is 1.51. The minimum Gasteiger partial charge on any atom is -0.480 e. The monoisotopic (exact) mass is 236 g/mol. The van der Waals surface area contributed by atoms with Crippen LogP contribution in [0.2, 0.25) is 0 Å². The molecular weight excluding hydrogens is 222 g/mol. The third kappa shape index (κ3) is 3.41. The number of alkyl halides is 2. The molecular formula is C9H14F2N2O3. The van der Waals surface area contributed by atoms with E-state index in [0.717, 1.165) is 4.90 Å². The Morgan fingerprint density at radius 2 is 2.12 bits per heavy atom. The minimum atomic E-state index is -2.81. The van der Waals surface area contributed by atoms with Gasteiger partial charge in [0.1, 0.15) is 6.04 Å². The fourth-order valence-corrected chi connectivity index (χ4v) is 1.51. The summed E-state index contributed by atoms with van der Waals surface area (Å²) in [6, 6.07) is -1.12.